The van der Waals surface area contributed by atoms with Crippen molar-refractivity contribution in [3.63, 3.8) is 0 Å². The molecule has 508 valence electrons. The lowest BCUT2D eigenvalue weighted by molar-refractivity contribution is 1.18. The van der Waals surface area contributed by atoms with E-state index in [1.165, 1.54) is 0 Å². The van der Waals surface area contributed by atoms with Crippen LogP contribution in [0.1, 0.15) is 0 Å². The summed E-state index contributed by atoms with van der Waals surface area (Å²) in [7, 11) is 0. The van der Waals surface area contributed by atoms with Crippen molar-refractivity contribution in [1.82, 2.24) is 49.8 Å². The van der Waals surface area contributed by atoms with Gasteiger partial charge in [-0.2, -0.15) is 0 Å². The van der Waals surface area contributed by atoms with E-state index < -0.39 is 0 Å². The van der Waals surface area contributed by atoms with Gasteiger partial charge in [-0.25, -0.2) is 34.9 Å². The third-order valence-corrected chi connectivity index (χ3v) is 18.8. The third kappa shape index (κ3) is 14.9. The highest BCUT2D eigenvalue weighted by Gasteiger charge is 2.19. The average Bonchev–Trinajstić information content (AvgIpc) is 0.799. The Labute approximate surface area is 627 Å². The smallest absolute Gasteiger partial charge is 0.160 e. The van der Waals surface area contributed by atoms with Crippen LogP contribution in [0, 0.1) is 0 Å². The van der Waals surface area contributed by atoms with E-state index in [0.717, 1.165) is 169 Å². The van der Waals surface area contributed by atoms with E-state index in [0.29, 0.717) is 11.6 Å². The van der Waals surface area contributed by atoms with Gasteiger partial charge in [0.2, 0.25) is 0 Å². The molecule has 10 nitrogen and oxygen atoms in total. The summed E-state index contributed by atoms with van der Waals surface area (Å²) in [6.07, 6.45) is 5.46. The third-order valence-electron chi connectivity index (χ3n) is 18.8. The molecular weight excluding hydrogens is 1320 g/mol. The van der Waals surface area contributed by atoms with Crippen LogP contribution in [0.5, 0.6) is 0 Å². The lowest BCUT2D eigenvalue weighted by Crippen LogP contribution is -1.96. The number of benzene rings is 10. The van der Waals surface area contributed by atoms with Crippen molar-refractivity contribution in [2.75, 3.05) is 0 Å². The van der Waals surface area contributed by atoms with Crippen molar-refractivity contribution in [2.24, 2.45) is 0 Å². The number of pyridine rings is 6. The van der Waals surface area contributed by atoms with Crippen LogP contribution in [0.15, 0.2) is 401 Å². The molecule has 0 N–H and O–H groups in total. The van der Waals surface area contributed by atoms with Crippen LogP contribution in [0.25, 0.3) is 180 Å². The van der Waals surface area contributed by atoms with Crippen molar-refractivity contribution in [3.8, 4) is 180 Å². The highest BCUT2D eigenvalue weighted by molar-refractivity contribution is 5.88. The molecule has 18 aromatic rings. The monoisotopic (exact) mass is 1380 g/mol. The summed E-state index contributed by atoms with van der Waals surface area (Å²) < 4.78 is 0. The maximum absolute atomic E-state index is 5.21. The highest BCUT2D eigenvalue weighted by atomic mass is 14.9. The molecule has 0 saturated heterocycles. The first-order valence-corrected chi connectivity index (χ1v) is 35.8. The molecule has 10 aromatic carbocycles. The van der Waals surface area contributed by atoms with E-state index in [1.54, 1.807) is 12.4 Å². The summed E-state index contributed by atoms with van der Waals surface area (Å²) in [5, 5.41) is 0. The average molecular weight is 1380 g/mol. The predicted octanol–water partition coefficient (Wildman–Crippen LogP) is 24.0. The molecule has 0 aliphatic rings. The van der Waals surface area contributed by atoms with Crippen LogP contribution < -0.4 is 0 Å². The Morgan fingerprint density at radius 3 is 0.824 bits per heavy atom. The van der Waals surface area contributed by atoms with Crippen molar-refractivity contribution in [2.45, 2.75) is 0 Å². The fourth-order valence-corrected chi connectivity index (χ4v) is 13.4. The molecular formula is C98H66N10. The van der Waals surface area contributed by atoms with Crippen molar-refractivity contribution in [3.05, 3.63) is 401 Å². The van der Waals surface area contributed by atoms with E-state index >= 15 is 0 Å². The first-order valence-electron chi connectivity index (χ1n) is 35.8. The maximum atomic E-state index is 5.21. The van der Waals surface area contributed by atoms with Gasteiger partial charge in [0.25, 0.3) is 0 Å². The molecule has 0 spiro atoms. The second-order valence-corrected chi connectivity index (χ2v) is 25.9. The molecule has 0 atom stereocenters. The fourth-order valence-electron chi connectivity index (χ4n) is 13.4. The Hall–Kier alpha value is -14.7. The Morgan fingerprint density at radius 1 is 0.120 bits per heavy atom. The molecule has 0 saturated carbocycles. The molecule has 0 aliphatic heterocycles. The lowest BCUT2D eigenvalue weighted by Gasteiger charge is -2.13. The van der Waals surface area contributed by atoms with Gasteiger partial charge in [-0.3, -0.25) is 15.0 Å². The second kappa shape index (κ2) is 31.1. The van der Waals surface area contributed by atoms with Gasteiger partial charge in [-0.15, -0.1) is 0 Å². The number of nitrogens with zero attached hydrogens (tertiary/aromatic N) is 10. The SMILES string of the molecule is c1ccc(-c2cc(-c3ccccn3)nc(-c3cc(-c4ccccc4-c4ccc(-c5cc(-c6ccccc6)nc(-c6ccccc6)n5)cc4)ccn3)c2)cc1.c1ccc(-c2cc(-c3ccccn3)nc(-c3cccc(-c4ccccc4-c4ccc(-c5cc(-c6ccccc6)nc(-c6ccccc6)n5)cc4)n3)c2)cc1. The summed E-state index contributed by atoms with van der Waals surface area (Å²) >= 11 is 0. The zero-order valence-electron chi connectivity index (χ0n) is 58.6. The molecule has 8 aromatic heterocycles. The van der Waals surface area contributed by atoms with E-state index in [4.69, 9.17) is 39.9 Å². The first-order chi connectivity index (χ1) is 53.5. The molecule has 0 unspecified atom stereocenters. The molecule has 0 radical (unpaired) electrons. The van der Waals surface area contributed by atoms with Crippen molar-refractivity contribution < 1.29 is 0 Å². The van der Waals surface area contributed by atoms with Crippen LogP contribution in [-0.4, -0.2) is 49.8 Å². The normalized spacial score (nSPS) is 11.0. The van der Waals surface area contributed by atoms with Crippen LogP contribution >= 0.6 is 0 Å². The van der Waals surface area contributed by atoms with Crippen molar-refractivity contribution in [1.29, 1.82) is 0 Å². The zero-order valence-corrected chi connectivity index (χ0v) is 58.6. The number of hydrogen-bond donors (Lipinski definition) is 0. The minimum Gasteiger partial charge on any atom is -0.255 e. The van der Waals surface area contributed by atoms with Crippen LogP contribution in [0.3, 0.4) is 0 Å². The standard InChI is InChI=1S/2C49H33N5/c1-4-15-34(16-5-1)39-31-47(43-23-12-13-30-50-43)52-48(32-39)44-25-14-24-42(51-44)41-22-11-10-21-40(41)35-26-28-37(29-27-35)46-33-45(36-17-6-2-7-18-36)53-49(54-46)38-19-8-3-9-20-38;1-4-14-34(15-5-1)40-31-47(43-22-12-13-28-50-43)52-48(32-40)46-30-39(27-29-51-46)42-21-11-10-20-41(42)35-23-25-37(26-24-35)45-33-44(36-16-6-2-7-17-36)53-49(54-45)38-18-8-3-9-19-38/h2*1-33H. The summed E-state index contributed by atoms with van der Waals surface area (Å²) in [6.45, 7) is 0. The van der Waals surface area contributed by atoms with E-state index in [1.807, 2.05) is 158 Å². The minimum absolute atomic E-state index is 0.697. The maximum Gasteiger partial charge on any atom is 0.160 e. The van der Waals surface area contributed by atoms with Gasteiger partial charge in [-0.05, 0) is 141 Å². The Kier molecular flexibility index (Phi) is 19.1. The molecule has 0 aliphatic carbocycles. The second-order valence-electron chi connectivity index (χ2n) is 25.9. The molecule has 0 amide bonds. The van der Waals surface area contributed by atoms with Gasteiger partial charge in [0.15, 0.2) is 11.6 Å². The quantitative estimate of drug-likeness (QED) is 0.0922. The molecule has 10 heteroatoms. The first kappa shape index (κ1) is 66.5. The van der Waals surface area contributed by atoms with Gasteiger partial charge < -0.3 is 0 Å². The highest BCUT2D eigenvalue weighted by Crippen LogP contribution is 2.40. The van der Waals surface area contributed by atoms with E-state index in [2.05, 4.69) is 240 Å². The van der Waals surface area contributed by atoms with Crippen LogP contribution in [0.2, 0.25) is 0 Å². The number of aromatic nitrogens is 10. The summed E-state index contributed by atoms with van der Waals surface area (Å²) in [6, 6.07) is 130. The number of hydrogen-bond acceptors (Lipinski definition) is 10. The van der Waals surface area contributed by atoms with Gasteiger partial charge in [0, 0.05) is 57.5 Å². The Morgan fingerprint density at radius 2 is 0.407 bits per heavy atom. The largest absolute Gasteiger partial charge is 0.255 e. The van der Waals surface area contributed by atoms with Gasteiger partial charge >= 0.3 is 0 Å². The summed E-state index contributed by atoms with van der Waals surface area (Å²) in [5.41, 5.74) is 28.8. The Balaban J connectivity index is 0.000000158. The van der Waals surface area contributed by atoms with E-state index in [9.17, 15) is 0 Å². The predicted molar refractivity (Wildman–Crippen MR) is 438 cm³/mol. The summed E-state index contributed by atoms with van der Waals surface area (Å²) in [4.78, 5) is 49.3. The van der Waals surface area contributed by atoms with Gasteiger partial charge in [-0.1, -0.05) is 297 Å². The zero-order chi connectivity index (χ0) is 72.2. The summed E-state index contributed by atoms with van der Waals surface area (Å²) in [5.74, 6) is 1.40. The lowest BCUT2D eigenvalue weighted by atomic mass is 9.93. The molecule has 0 bridgehead atoms. The molecule has 0 fully saturated rings. The minimum atomic E-state index is 0.697. The van der Waals surface area contributed by atoms with E-state index in [-0.39, 0.29) is 0 Å². The van der Waals surface area contributed by atoms with Gasteiger partial charge in [0.1, 0.15) is 0 Å². The molecule has 8 heterocycles. The molecule has 108 heavy (non-hydrogen) atoms. The van der Waals surface area contributed by atoms with Gasteiger partial charge in [0.05, 0.1) is 74.0 Å². The topological polar surface area (TPSA) is 129 Å². The van der Waals surface area contributed by atoms with Crippen LogP contribution in [0.4, 0.5) is 0 Å². The number of rotatable bonds is 16. The Bertz CT molecular complexity index is 5510. The fraction of sp³-hybridized carbons (Fsp3) is 0. The van der Waals surface area contributed by atoms with Crippen LogP contribution in [-0.2, 0) is 0 Å². The van der Waals surface area contributed by atoms with Crippen molar-refractivity contribution >= 4 is 0 Å². The molecule has 18 rings (SSSR count).